The number of anilines is 1. The van der Waals surface area contributed by atoms with Crippen LogP contribution >= 0.6 is 11.3 Å². The van der Waals surface area contributed by atoms with Gasteiger partial charge in [0.2, 0.25) is 0 Å². The maximum absolute atomic E-state index is 11.1. The predicted molar refractivity (Wildman–Crippen MR) is 69.5 cm³/mol. The highest BCUT2D eigenvalue weighted by atomic mass is 32.1. The SMILES string of the molecule is COC(=O)Cc1csc(NCC(C)N(C)C)n1. The van der Waals surface area contributed by atoms with Gasteiger partial charge in [-0.2, -0.15) is 0 Å². The lowest BCUT2D eigenvalue weighted by Gasteiger charge is -2.19. The standard InChI is InChI=1S/C11H19N3O2S/c1-8(14(2)3)6-12-11-13-9(7-17-11)5-10(15)16-4/h7-8H,5-6H2,1-4H3,(H,12,13). The van der Waals surface area contributed by atoms with Gasteiger partial charge in [0.15, 0.2) is 5.13 Å². The number of hydrogen-bond acceptors (Lipinski definition) is 6. The van der Waals surface area contributed by atoms with E-state index in [0.717, 1.165) is 17.4 Å². The number of rotatable bonds is 6. The van der Waals surface area contributed by atoms with E-state index in [1.165, 1.54) is 18.4 Å². The van der Waals surface area contributed by atoms with E-state index in [0.29, 0.717) is 6.04 Å². The van der Waals surface area contributed by atoms with E-state index in [2.05, 4.69) is 26.9 Å². The summed E-state index contributed by atoms with van der Waals surface area (Å²) in [7, 11) is 5.46. The summed E-state index contributed by atoms with van der Waals surface area (Å²) in [4.78, 5) is 17.5. The van der Waals surface area contributed by atoms with Gasteiger partial charge in [-0.15, -0.1) is 11.3 Å². The Balaban J connectivity index is 2.43. The summed E-state index contributed by atoms with van der Waals surface area (Å²) in [5.41, 5.74) is 0.752. The van der Waals surface area contributed by atoms with Gasteiger partial charge in [-0.3, -0.25) is 4.79 Å². The van der Waals surface area contributed by atoms with Gasteiger partial charge >= 0.3 is 5.97 Å². The Hall–Kier alpha value is -1.14. The lowest BCUT2D eigenvalue weighted by molar-refractivity contribution is -0.139. The molecule has 1 unspecified atom stereocenters. The van der Waals surface area contributed by atoms with E-state index in [9.17, 15) is 4.79 Å². The number of aromatic nitrogens is 1. The number of carbonyl (C=O) groups is 1. The number of hydrogen-bond donors (Lipinski definition) is 1. The number of ether oxygens (including phenoxy) is 1. The molecule has 0 fully saturated rings. The van der Waals surface area contributed by atoms with E-state index >= 15 is 0 Å². The summed E-state index contributed by atoms with van der Waals surface area (Å²) in [6.07, 6.45) is 0.234. The number of esters is 1. The molecule has 0 amide bonds. The molecular formula is C11H19N3O2S. The summed E-state index contributed by atoms with van der Waals surface area (Å²) in [5.74, 6) is -0.261. The van der Waals surface area contributed by atoms with Gasteiger partial charge in [-0.05, 0) is 21.0 Å². The van der Waals surface area contributed by atoms with Crippen molar-refractivity contribution in [2.75, 3.05) is 33.1 Å². The van der Waals surface area contributed by atoms with Crippen LogP contribution in [0, 0.1) is 0 Å². The van der Waals surface area contributed by atoms with Gasteiger partial charge in [0.05, 0.1) is 19.2 Å². The molecule has 0 spiro atoms. The Morgan fingerprint density at radius 2 is 2.35 bits per heavy atom. The van der Waals surface area contributed by atoms with Crippen molar-refractivity contribution in [1.29, 1.82) is 0 Å². The van der Waals surface area contributed by atoms with Crippen LogP contribution in [0.25, 0.3) is 0 Å². The number of nitrogens with zero attached hydrogens (tertiary/aromatic N) is 2. The first-order chi connectivity index (χ1) is 8.02. The van der Waals surface area contributed by atoms with Gasteiger partial charge in [0, 0.05) is 18.0 Å². The van der Waals surface area contributed by atoms with Crippen LogP contribution in [0.5, 0.6) is 0 Å². The van der Waals surface area contributed by atoms with Gasteiger partial charge in [0.25, 0.3) is 0 Å². The lowest BCUT2D eigenvalue weighted by Crippen LogP contribution is -2.31. The third-order valence-corrected chi connectivity index (χ3v) is 3.38. The van der Waals surface area contributed by atoms with E-state index in [1.807, 2.05) is 19.5 Å². The quantitative estimate of drug-likeness (QED) is 0.777. The second-order valence-corrected chi connectivity index (χ2v) is 4.95. The topological polar surface area (TPSA) is 54.5 Å². The van der Waals surface area contributed by atoms with Crippen LogP contribution in [0.15, 0.2) is 5.38 Å². The molecule has 17 heavy (non-hydrogen) atoms. The number of likely N-dealkylation sites (N-methyl/N-ethyl adjacent to an activating group) is 1. The molecule has 0 bridgehead atoms. The minimum absolute atomic E-state index is 0.234. The molecule has 1 heterocycles. The molecule has 0 saturated carbocycles. The molecule has 0 radical (unpaired) electrons. The van der Waals surface area contributed by atoms with Crippen LogP contribution < -0.4 is 5.32 Å². The molecule has 1 atom stereocenters. The van der Waals surface area contributed by atoms with Gasteiger partial charge < -0.3 is 15.0 Å². The predicted octanol–water partition coefficient (Wildman–Crippen LogP) is 1.22. The molecule has 1 aromatic rings. The molecule has 1 N–H and O–H groups in total. The maximum Gasteiger partial charge on any atom is 0.311 e. The largest absolute Gasteiger partial charge is 0.469 e. The Kier molecular flexibility index (Phi) is 5.37. The first kappa shape index (κ1) is 13.9. The molecule has 0 aromatic carbocycles. The van der Waals surface area contributed by atoms with Crippen molar-refractivity contribution in [3.05, 3.63) is 11.1 Å². The minimum Gasteiger partial charge on any atom is -0.469 e. The van der Waals surface area contributed by atoms with E-state index in [4.69, 9.17) is 0 Å². The summed E-state index contributed by atoms with van der Waals surface area (Å²) < 4.78 is 4.59. The number of nitrogens with one attached hydrogen (secondary N) is 1. The third-order valence-electron chi connectivity index (χ3n) is 2.54. The van der Waals surface area contributed by atoms with Crippen molar-refractivity contribution in [1.82, 2.24) is 9.88 Å². The zero-order valence-corrected chi connectivity index (χ0v) is 11.5. The van der Waals surface area contributed by atoms with Crippen LogP contribution in [0.3, 0.4) is 0 Å². The van der Waals surface area contributed by atoms with Crippen LogP contribution in [0.2, 0.25) is 0 Å². The van der Waals surface area contributed by atoms with Crippen molar-refractivity contribution in [3.8, 4) is 0 Å². The fourth-order valence-electron chi connectivity index (χ4n) is 1.11. The highest BCUT2D eigenvalue weighted by Gasteiger charge is 2.09. The normalized spacial score (nSPS) is 12.5. The van der Waals surface area contributed by atoms with Crippen molar-refractivity contribution >= 4 is 22.4 Å². The van der Waals surface area contributed by atoms with Gasteiger partial charge in [-0.25, -0.2) is 4.98 Å². The van der Waals surface area contributed by atoms with Crippen LogP contribution in [0.1, 0.15) is 12.6 Å². The molecule has 0 saturated heterocycles. The zero-order valence-electron chi connectivity index (χ0n) is 10.7. The Morgan fingerprint density at radius 1 is 1.65 bits per heavy atom. The second kappa shape index (κ2) is 6.56. The molecule has 0 aliphatic carbocycles. The highest BCUT2D eigenvalue weighted by molar-refractivity contribution is 7.13. The van der Waals surface area contributed by atoms with E-state index in [1.54, 1.807) is 0 Å². The van der Waals surface area contributed by atoms with Crippen LogP contribution in [0.4, 0.5) is 5.13 Å². The maximum atomic E-state index is 11.1. The first-order valence-electron chi connectivity index (χ1n) is 5.44. The molecule has 1 rings (SSSR count). The van der Waals surface area contributed by atoms with Crippen molar-refractivity contribution in [2.45, 2.75) is 19.4 Å². The zero-order chi connectivity index (χ0) is 12.8. The molecule has 5 nitrogen and oxygen atoms in total. The minimum atomic E-state index is -0.261. The monoisotopic (exact) mass is 257 g/mol. The Morgan fingerprint density at radius 3 is 2.94 bits per heavy atom. The van der Waals surface area contributed by atoms with Gasteiger partial charge in [-0.1, -0.05) is 0 Å². The van der Waals surface area contributed by atoms with Crippen molar-refractivity contribution < 1.29 is 9.53 Å². The summed E-state index contributed by atoms with van der Waals surface area (Å²) in [5, 5.41) is 5.97. The lowest BCUT2D eigenvalue weighted by atomic mass is 10.3. The average molecular weight is 257 g/mol. The summed E-state index contributed by atoms with van der Waals surface area (Å²) in [6.45, 7) is 2.97. The molecule has 0 aliphatic rings. The fourth-order valence-corrected chi connectivity index (χ4v) is 1.83. The van der Waals surface area contributed by atoms with Gasteiger partial charge in [0.1, 0.15) is 0 Å². The fraction of sp³-hybridized carbons (Fsp3) is 0.636. The molecule has 6 heteroatoms. The summed E-state index contributed by atoms with van der Waals surface area (Å²) in [6, 6.07) is 0.433. The third kappa shape index (κ3) is 4.70. The van der Waals surface area contributed by atoms with E-state index < -0.39 is 0 Å². The number of thiazole rings is 1. The molecule has 0 aliphatic heterocycles. The summed E-state index contributed by atoms with van der Waals surface area (Å²) >= 11 is 1.51. The number of carbonyl (C=O) groups excluding carboxylic acids is 1. The van der Waals surface area contributed by atoms with Crippen molar-refractivity contribution in [3.63, 3.8) is 0 Å². The number of methoxy groups -OCH3 is 1. The van der Waals surface area contributed by atoms with Crippen LogP contribution in [-0.4, -0.2) is 49.6 Å². The van der Waals surface area contributed by atoms with Crippen LogP contribution in [-0.2, 0) is 16.0 Å². The Bertz CT molecular complexity index is 365. The molecular weight excluding hydrogens is 238 g/mol. The van der Waals surface area contributed by atoms with Crippen molar-refractivity contribution in [2.24, 2.45) is 0 Å². The highest BCUT2D eigenvalue weighted by Crippen LogP contribution is 2.16. The smallest absolute Gasteiger partial charge is 0.311 e. The second-order valence-electron chi connectivity index (χ2n) is 4.09. The molecule has 1 aromatic heterocycles. The first-order valence-corrected chi connectivity index (χ1v) is 6.32. The Labute approximate surface area is 106 Å². The molecule has 96 valence electrons. The van der Waals surface area contributed by atoms with E-state index in [-0.39, 0.29) is 12.4 Å². The average Bonchev–Trinajstić information content (AvgIpc) is 2.73.